The highest BCUT2D eigenvalue weighted by atomic mass is 16.5. The van der Waals surface area contributed by atoms with E-state index in [4.69, 9.17) is 29.4 Å². The maximum Gasteiger partial charge on any atom is 0.325 e. The number of para-hydroxylation sites is 2. The van der Waals surface area contributed by atoms with Gasteiger partial charge in [0.05, 0.1) is 31.4 Å². The van der Waals surface area contributed by atoms with Gasteiger partial charge in [-0.2, -0.15) is 9.97 Å². The van der Waals surface area contributed by atoms with Crippen LogP contribution in [0.1, 0.15) is 38.3 Å². The number of methoxy groups -OCH3 is 1. The van der Waals surface area contributed by atoms with E-state index in [1.54, 1.807) is 0 Å². The third-order valence-corrected chi connectivity index (χ3v) is 8.58. The van der Waals surface area contributed by atoms with Crippen molar-refractivity contribution in [2.24, 2.45) is 13.0 Å². The highest BCUT2D eigenvalue weighted by Gasteiger charge is 2.38. The highest BCUT2D eigenvalue weighted by molar-refractivity contribution is 5.86. The number of morpholine rings is 1. The monoisotopic (exact) mass is 546 g/mol. The van der Waals surface area contributed by atoms with Gasteiger partial charge in [0.2, 0.25) is 5.95 Å². The first-order valence-electron chi connectivity index (χ1n) is 14.1. The number of aryl methyl sites for hydroxylation is 2. The molecule has 2 saturated heterocycles. The van der Waals surface area contributed by atoms with Gasteiger partial charge in [0.15, 0.2) is 17.0 Å². The minimum atomic E-state index is -0.619. The molecule has 0 radical (unpaired) electrons. The topological polar surface area (TPSA) is 103 Å². The van der Waals surface area contributed by atoms with Gasteiger partial charge in [-0.05, 0) is 64.8 Å². The van der Waals surface area contributed by atoms with Crippen LogP contribution < -0.4 is 4.90 Å². The number of imidazole rings is 2. The van der Waals surface area contributed by atoms with Gasteiger partial charge in [-0.1, -0.05) is 12.1 Å². The van der Waals surface area contributed by atoms with Crippen LogP contribution in [0.3, 0.4) is 0 Å². The SMILES string of the molecule is COC(=O)C(C)(C)N1CCC(Cc2nc3c(N4CCOCC4)nc(-n4c(C)nc5ccccc54)nc3n2C)CC1. The van der Waals surface area contributed by atoms with Crippen LogP contribution in [0.5, 0.6) is 0 Å². The van der Waals surface area contributed by atoms with Crippen molar-refractivity contribution in [2.75, 3.05) is 51.4 Å². The van der Waals surface area contributed by atoms with Crippen molar-refractivity contribution in [3.63, 3.8) is 0 Å². The summed E-state index contributed by atoms with van der Waals surface area (Å²) < 4.78 is 14.8. The molecule has 0 unspecified atom stereocenters. The zero-order valence-electron chi connectivity index (χ0n) is 24.1. The van der Waals surface area contributed by atoms with Crippen LogP contribution >= 0.6 is 0 Å². The lowest BCUT2D eigenvalue weighted by Gasteiger charge is -2.40. The third kappa shape index (κ3) is 4.60. The largest absolute Gasteiger partial charge is 0.468 e. The summed E-state index contributed by atoms with van der Waals surface area (Å²) in [5.74, 6) is 3.59. The molecule has 0 saturated carbocycles. The van der Waals surface area contributed by atoms with Gasteiger partial charge < -0.3 is 18.9 Å². The number of likely N-dealkylation sites (tertiary alicyclic amines) is 1. The summed E-state index contributed by atoms with van der Waals surface area (Å²) in [6.45, 7) is 10.4. The number of rotatable bonds is 6. The van der Waals surface area contributed by atoms with Gasteiger partial charge in [0, 0.05) is 26.6 Å². The Morgan fingerprint density at radius 3 is 2.50 bits per heavy atom. The molecule has 6 rings (SSSR count). The van der Waals surface area contributed by atoms with E-state index >= 15 is 0 Å². The van der Waals surface area contributed by atoms with Gasteiger partial charge in [-0.3, -0.25) is 14.3 Å². The Hall–Kier alpha value is -3.57. The number of fused-ring (bicyclic) bond motifs is 2. The number of nitrogens with zero attached hydrogens (tertiary/aromatic N) is 8. The zero-order valence-corrected chi connectivity index (χ0v) is 24.1. The smallest absolute Gasteiger partial charge is 0.325 e. The number of esters is 1. The minimum Gasteiger partial charge on any atom is -0.468 e. The fraction of sp³-hybridized carbons (Fsp3) is 0.552. The lowest BCUT2D eigenvalue weighted by atomic mass is 9.90. The molecule has 11 nitrogen and oxygen atoms in total. The number of ether oxygens (including phenoxy) is 2. The van der Waals surface area contributed by atoms with Gasteiger partial charge in [-0.15, -0.1) is 0 Å². The second-order valence-corrected chi connectivity index (χ2v) is 11.4. The van der Waals surface area contributed by atoms with Crippen molar-refractivity contribution in [2.45, 2.75) is 45.6 Å². The Balaban J connectivity index is 1.35. The minimum absolute atomic E-state index is 0.188. The number of benzene rings is 1. The van der Waals surface area contributed by atoms with Crippen LogP contribution in [0.2, 0.25) is 0 Å². The quantitative estimate of drug-likeness (QED) is 0.338. The standard InChI is InChI=1S/C29H38N8O3/c1-19-30-21-8-6-7-9-22(21)37(19)28-32-25-24(26(33-28)35-14-16-40-17-15-35)31-23(34(25)4)18-20-10-12-36(13-11-20)29(2,3)27(38)39-5/h6-9,20H,10-18H2,1-5H3. The number of carbonyl (C=O) groups excluding carboxylic acids is 1. The summed E-state index contributed by atoms with van der Waals surface area (Å²) in [5.41, 5.74) is 2.93. The molecule has 4 aromatic rings. The van der Waals surface area contributed by atoms with Gasteiger partial charge in [-0.25, -0.2) is 9.97 Å². The van der Waals surface area contributed by atoms with E-state index in [0.717, 1.165) is 85.1 Å². The molecule has 0 aliphatic carbocycles. The number of anilines is 1. The van der Waals surface area contributed by atoms with E-state index in [1.807, 2.05) is 43.5 Å². The predicted molar refractivity (Wildman–Crippen MR) is 153 cm³/mol. The molecule has 0 amide bonds. The molecular formula is C29H38N8O3. The lowest BCUT2D eigenvalue weighted by molar-refractivity contribution is -0.154. The van der Waals surface area contributed by atoms with Crippen LogP contribution in [-0.4, -0.2) is 92.0 Å². The van der Waals surface area contributed by atoms with Crippen molar-refractivity contribution < 1.29 is 14.3 Å². The number of carbonyl (C=O) groups is 1. The second kappa shape index (κ2) is 10.4. The molecule has 212 valence electrons. The first kappa shape index (κ1) is 26.6. The van der Waals surface area contributed by atoms with E-state index < -0.39 is 5.54 Å². The van der Waals surface area contributed by atoms with Gasteiger partial charge in [0.25, 0.3) is 0 Å². The summed E-state index contributed by atoms with van der Waals surface area (Å²) in [4.78, 5) is 36.9. The van der Waals surface area contributed by atoms with Crippen molar-refractivity contribution in [1.29, 1.82) is 0 Å². The van der Waals surface area contributed by atoms with E-state index in [-0.39, 0.29) is 5.97 Å². The van der Waals surface area contributed by atoms with Crippen LogP contribution in [0.15, 0.2) is 24.3 Å². The van der Waals surface area contributed by atoms with Crippen molar-refractivity contribution in [3.8, 4) is 5.95 Å². The zero-order chi connectivity index (χ0) is 28.0. The fourth-order valence-corrected chi connectivity index (χ4v) is 6.09. The van der Waals surface area contributed by atoms with E-state index in [9.17, 15) is 4.79 Å². The number of aromatic nitrogens is 6. The Kier molecular flexibility index (Phi) is 6.95. The molecule has 11 heteroatoms. The number of piperidine rings is 1. The Morgan fingerprint density at radius 2 is 1.77 bits per heavy atom. The summed E-state index contributed by atoms with van der Waals surface area (Å²) in [6, 6.07) is 8.08. The van der Waals surface area contributed by atoms with Crippen LogP contribution in [-0.2, 0) is 27.7 Å². The Bertz CT molecular complexity index is 1540. The summed E-state index contributed by atoms with van der Waals surface area (Å²) in [7, 11) is 3.51. The molecular weight excluding hydrogens is 508 g/mol. The third-order valence-electron chi connectivity index (χ3n) is 8.58. The van der Waals surface area contributed by atoms with Gasteiger partial charge >= 0.3 is 5.97 Å². The molecule has 1 aromatic carbocycles. The lowest BCUT2D eigenvalue weighted by Crippen LogP contribution is -2.53. The van der Waals surface area contributed by atoms with E-state index in [2.05, 4.69) is 27.5 Å². The fourth-order valence-electron chi connectivity index (χ4n) is 6.09. The highest BCUT2D eigenvalue weighted by Crippen LogP contribution is 2.31. The number of hydrogen-bond acceptors (Lipinski definition) is 9. The Labute approximate surface area is 234 Å². The molecule has 3 aromatic heterocycles. The van der Waals surface area contributed by atoms with Crippen molar-refractivity contribution >= 4 is 34.0 Å². The first-order chi connectivity index (χ1) is 19.3. The normalized spacial score (nSPS) is 17.7. The van der Waals surface area contributed by atoms with Crippen LogP contribution in [0.4, 0.5) is 5.82 Å². The van der Waals surface area contributed by atoms with Crippen molar-refractivity contribution in [1.82, 2.24) is 34.0 Å². The first-order valence-corrected chi connectivity index (χ1v) is 14.1. The second-order valence-electron chi connectivity index (χ2n) is 11.4. The molecule has 40 heavy (non-hydrogen) atoms. The summed E-state index contributed by atoms with van der Waals surface area (Å²) in [6.07, 6.45) is 2.85. The van der Waals surface area contributed by atoms with Crippen LogP contribution in [0.25, 0.3) is 28.1 Å². The maximum atomic E-state index is 12.3. The van der Waals surface area contributed by atoms with Crippen molar-refractivity contribution in [3.05, 3.63) is 35.9 Å². The molecule has 5 heterocycles. The molecule has 0 spiro atoms. The van der Waals surface area contributed by atoms with E-state index in [0.29, 0.717) is 25.1 Å². The Morgan fingerprint density at radius 1 is 1.05 bits per heavy atom. The molecule has 0 bridgehead atoms. The van der Waals surface area contributed by atoms with Crippen LogP contribution in [0, 0.1) is 12.8 Å². The number of hydrogen-bond donors (Lipinski definition) is 0. The predicted octanol–water partition coefficient (Wildman–Crippen LogP) is 3.05. The van der Waals surface area contributed by atoms with Gasteiger partial charge in [0.1, 0.15) is 17.2 Å². The molecule has 2 fully saturated rings. The maximum absolute atomic E-state index is 12.3. The molecule has 2 aliphatic heterocycles. The summed E-state index contributed by atoms with van der Waals surface area (Å²) in [5, 5.41) is 0. The summed E-state index contributed by atoms with van der Waals surface area (Å²) >= 11 is 0. The van der Waals surface area contributed by atoms with E-state index in [1.165, 1.54) is 7.11 Å². The molecule has 2 aliphatic rings. The molecule has 0 atom stereocenters. The average molecular weight is 547 g/mol. The average Bonchev–Trinajstić information content (AvgIpc) is 3.48. The molecule has 0 N–H and O–H groups in total.